The van der Waals surface area contributed by atoms with Crippen LogP contribution in [0, 0.1) is 0 Å². The maximum atomic E-state index is 12.4. The normalized spacial score (nSPS) is 12.5. The lowest BCUT2D eigenvalue weighted by atomic mass is 10.0. The van der Waals surface area contributed by atoms with Crippen LogP contribution in [-0.4, -0.2) is 18.9 Å². The van der Waals surface area contributed by atoms with Gasteiger partial charge in [-0.3, -0.25) is 9.59 Å². The van der Waals surface area contributed by atoms with Gasteiger partial charge in [-0.25, -0.2) is 0 Å². The van der Waals surface area contributed by atoms with E-state index in [9.17, 15) is 9.59 Å². The number of fused-ring (bicyclic) bond motifs is 1. The Labute approximate surface area is 132 Å². The summed E-state index contributed by atoms with van der Waals surface area (Å²) in [4.78, 5) is 23.9. The number of anilines is 2. The number of hydrogen-bond acceptors (Lipinski definition) is 3. The second kappa shape index (κ2) is 5.69. The monoisotopic (exact) mass is 316 g/mol. The molecule has 0 spiro atoms. The van der Waals surface area contributed by atoms with Gasteiger partial charge < -0.3 is 15.4 Å². The zero-order valence-electron chi connectivity index (χ0n) is 11.8. The summed E-state index contributed by atoms with van der Waals surface area (Å²) in [5.41, 5.74) is 2.43. The van der Waals surface area contributed by atoms with E-state index >= 15 is 0 Å². The van der Waals surface area contributed by atoms with E-state index in [2.05, 4.69) is 10.6 Å². The van der Waals surface area contributed by atoms with Gasteiger partial charge in [0, 0.05) is 16.9 Å². The second-order valence-electron chi connectivity index (χ2n) is 4.86. The molecule has 2 amide bonds. The number of carbonyl (C=O) groups is 2. The molecule has 1 aliphatic rings. The Morgan fingerprint density at radius 1 is 1.32 bits per heavy atom. The fraction of sp³-hybridized carbons (Fsp3) is 0.125. The smallest absolute Gasteiger partial charge is 0.256 e. The van der Waals surface area contributed by atoms with Crippen molar-refractivity contribution >= 4 is 34.8 Å². The molecule has 1 heterocycles. The van der Waals surface area contributed by atoms with Crippen molar-refractivity contribution in [2.75, 3.05) is 17.7 Å². The molecule has 0 saturated heterocycles. The van der Waals surface area contributed by atoms with Crippen molar-refractivity contribution < 1.29 is 14.3 Å². The molecule has 0 unspecified atom stereocenters. The van der Waals surface area contributed by atoms with Crippen molar-refractivity contribution in [2.24, 2.45) is 0 Å². The third-order valence-electron chi connectivity index (χ3n) is 3.44. The number of ether oxygens (including phenoxy) is 1. The lowest BCUT2D eigenvalue weighted by molar-refractivity contribution is -0.115. The van der Waals surface area contributed by atoms with Gasteiger partial charge in [-0.1, -0.05) is 17.7 Å². The maximum Gasteiger partial charge on any atom is 0.256 e. The summed E-state index contributed by atoms with van der Waals surface area (Å²) < 4.78 is 5.07. The number of benzene rings is 2. The van der Waals surface area contributed by atoms with Crippen LogP contribution in [0.25, 0.3) is 0 Å². The number of halogens is 1. The van der Waals surface area contributed by atoms with Crippen LogP contribution in [0.4, 0.5) is 11.4 Å². The molecule has 2 aromatic rings. The molecule has 1 aliphatic heterocycles. The van der Waals surface area contributed by atoms with Gasteiger partial charge in [0.25, 0.3) is 5.91 Å². The van der Waals surface area contributed by atoms with Crippen LogP contribution in [0.5, 0.6) is 5.75 Å². The zero-order valence-corrected chi connectivity index (χ0v) is 12.5. The molecule has 5 nitrogen and oxygen atoms in total. The number of nitrogens with one attached hydrogen (secondary N) is 2. The van der Waals surface area contributed by atoms with Gasteiger partial charge in [-0.2, -0.15) is 0 Å². The molecule has 2 aromatic carbocycles. The van der Waals surface area contributed by atoms with Gasteiger partial charge in [0.2, 0.25) is 5.91 Å². The Balaban J connectivity index is 1.86. The standard InChI is InChI=1S/C16H13ClN2O3/c1-22-14-6-5-9(7-12(14)17)18-16(21)10-3-2-4-13-11(10)8-15(20)19-13/h2-7H,8H2,1H3,(H,18,21)(H,19,20). The van der Waals surface area contributed by atoms with Crippen molar-refractivity contribution in [3.63, 3.8) is 0 Å². The van der Waals surface area contributed by atoms with Crippen molar-refractivity contribution in [3.8, 4) is 5.75 Å². The highest BCUT2D eigenvalue weighted by molar-refractivity contribution is 6.32. The molecule has 0 aliphatic carbocycles. The number of hydrogen-bond donors (Lipinski definition) is 2. The fourth-order valence-electron chi connectivity index (χ4n) is 2.40. The molecule has 2 N–H and O–H groups in total. The summed E-state index contributed by atoms with van der Waals surface area (Å²) in [5, 5.41) is 5.91. The number of carbonyl (C=O) groups excluding carboxylic acids is 2. The molecule has 3 rings (SSSR count). The molecule has 6 heteroatoms. The van der Waals surface area contributed by atoms with Crippen LogP contribution in [-0.2, 0) is 11.2 Å². The average molecular weight is 317 g/mol. The van der Waals surface area contributed by atoms with Gasteiger partial charge in [-0.05, 0) is 35.9 Å². The predicted molar refractivity (Wildman–Crippen MR) is 84.7 cm³/mol. The Morgan fingerprint density at radius 3 is 2.86 bits per heavy atom. The molecule has 0 bridgehead atoms. The molecule has 22 heavy (non-hydrogen) atoms. The van der Waals surface area contributed by atoms with Crippen molar-refractivity contribution in [3.05, 3.63) is 52.5 Å². The van der Waals surface area contributed by atoms with E-state index < -0.39 is 0 Å². The summed E-state index contributed by atoms with van der Waals surface area (Å²) in [6.45, 7) is 0. The van der Waals surface area contributed by atoms with Crippen LogP contribution in [0.2, 0.25) is 5.02 Å². The van der Waals surface area contributed by atoms with Gasteiger partial charge in [-0.15, -0.1) is 0 Å². The van der Waals surface area contributed by atoms with Crippen LogP contribution < -0.4 is 15.4 Å². The van der Waals surface area contributed by atoms with E-state index in [4.69, 9.17) is 16.3 Å². The van der Waals surface area contributed by atoms with Crippen LogP contribution in [0.3, 0.4) is 0 Å². The summed E-state index contributed by atoms with van der Waals surface area (Å²) in [6, 6.07) is 10.2. The van der Waals surface area contributed by atoms with Crippen molar-refractivity contribution in [2.45, 2.75) is 6.42 Å². The SMILES string of the molecule is COc1ccc(NC(=O)c2cccc3c2CC(=O)N3)cc1Cl. The van der Waals surface area contributed by atoms with Crippen LogP contribution in [0.1, 0.15) is 15.9 Å². The molecule has 0 saturated carbocycles. The Morgan fingerprint density at radius 2 is 2.14 bits per heavy atom. The molecule has 112 valence electrons. The highest BCUT2D eigenvalue weighted by Gasteiger charge is 2.23. The summed E-state index contributed by atoms with van der Waals surface area (Å²) in [6.07, 6.45) is 0.211. The Bertz CT molecular complexity index is 774. The molecular weight excluding hydrogens is 304 g/mol. The summed E-state index contributed by atoms with van der Waals surface area (Å²) in [5.74, 6) is 0.146. The van der Waals surface area contributed by atoms with Crippen molar-refractivity contribution in [1.29, 1.82) is 0 Å². The van der Waals surface area contributed by atoms with E-state index in [0.717, 1.165) is 0 Å². The average Bonchev–Trinajstić information content (AvgIpc) is 2.87. The van der Waals surface area contributed by atoms with E-state index in [1.165, 1.54) is 7.11 Å². The van der Waals surface area contributed by atoms with E-state index in [1.807, 2.05) is 0 Å². The molecule has 0 aromatic heterocycles. The van der Waals surface area contributed by atoms with Gasteiger partial charge >= 0.3 is 0 Å². The van der Waals surface area contributed by atoms with E-state index in [-0.39, 0.29) is 18.2 Å². The quantitative estimate of drug-likeness (QED) is 0.914. The highest BCUT2D eigenvalue weighted by Crippen LogP contribution is 2.29. The lowest BCUT2D eigenvalue weighted by Gasteiger charge is -2.10. The first kappa shape index (κ1) is 14.4. The predicted octanol–water partition coefficient (Wildman–Crippen LogP) is 3.10. The van der Waals surface area contributed by atoms with Gasteiger partial charge in [0.1, 0.15) is 5.75 Å². The van der Waals surface area contributed by atoms with Gasteiger partial charge in [0.15, 0.2) is 0 Å². The van der Waals surface area contributed by atoms with E-state index in [0.29, 0.717) is 33.3 Å². The first-order valence-corrected chi connectivity index (χ1v) is 7.03. The molecule has 0 atom stereocenters. The Hall–Kier alpha value is -2.53. The Kier molecular flexibility index (Phi) is 3.73. The molecule has 0 fully saturated rings. The summed E-state index contributed by atoms with van der Waals surface area (Å²) in [7, 11) is 1.52. The van der Waals surface area contributed by atoms with Crippen LogP contribution in [0.15, 0.2) is 36.4 Å². The maximum absolute atomic E-state index is 12.4. The highest BCUT2D eigenvalue weighted by atomic mass is 35.5. The third kappa shape index (κ3) is 2.63. The number of rotatable bonds is 3. The third-order valence-corrected chi connectivity index (χ3v) is 3.74. The number of amides is 2. The van der Waals surface area contributed by atoms with Gasteiger partial charge in [0.05, 0.1) is 18.6 Å². The zero-order chi connectivity index (χ0) is 15.7. The first-order valence-electron chi connectivity index (χ1n) is 6.65. The van der Waals surface area contributed by atoms with Crippen LogP contribution >= 0.6 is 11.6 Å². The minimum Gasteiger partial charge on any atom is -0.495 e. The fourth-order valence-corrected chi connectivity index (χ4v) is 2.66. The lowest BCUT2D eigenvalue weighted by Crippen LogP contribution is -2.14. The minimum absolute atomic E-state index is 0.109. The number of methoxy groups -OCH3 is 1. The van der Waals surface area contributed by atoms with Crippen molar-refractivity contribution in [1.82, 2.24) is 0 Å². The summed E-state index contributed by atoms with van der Waals surface area (Å²) >= 11 is 6.04. The molecule has 0 radical (unpaired) electrons. The topological polar surface area (TPSA) is 67.4 Å². The van der Waals surface area contributed by atoms with E-state index in [1.54, 1.807) is 36.4 Å². The molecular formula is C16H13ClN2O3. The second-order valence-corrected chi connectivity index (χ2v) is 5.27. The first-order chi connectivity index (χ1) is 10.6. The minimum atomic E-state index is -0.283. The largest absolute Gasteiger partial charge is 0.495 e.